The zero-order valence-electron chi connectivity index (χ0n) is 12.9. The van der Waals surface area contributed by atoms with Gasteiger partial charge in [-0.1, -0.05) is 29.8 Å². The molecule has 0 bridgehead atoms. The van der Waals surface area contributed by atoms with Crippen LogP contribution >= 0.6 is 22.9 Å². The van der Waals surface area contributed by atoms with E-state index in [0.717, 1.165) is 19.4 Å². The molecule has 6 nitrogen and oxygen atoms in total. The maximum atomic E-state index is 12.6. The van der Waals surface area contributed by atoms with E-state index in [2.05, 4.69) is 32.8 Å². The third-order valence-corrected chi connectivity index (χ3v) is 5.56. The van der Waals surface area contributed by atoms with E-state index < -0.39 is 0 Å². The van der Waals surface area contributed by atoms with Crippen LogP contribution in [-0.4, -0.2) is 31.2 Å². The van der Waals surface area contributed by atoms with E-state index in [-0.39, 0.29) is 5.69 Å². The second kappa shape index (κ2) is 6.51. The molecule has 24 heavy (non-hydrogen) atoms. The van der Waals surface area contributed by atoms with Crippen LogP contribution in [0.5, 0.6) is 0 Å². The molecule has 124 valence electrons. The van der Waals surface area contributed by atoms with Gasteiger partial charge in [-0.25, -0.2) is 4.79 Å². The van der Waals surface area contributed by atoms with Gasteiger partial charge < -0.3 is 0 Å². The van der Waals surface area contributed by atoms with Gasteiger partial charge >= 0.3 is 5.69 Å². The number of aromatic nitrogens is 4. The lowest BCUT2D eigenvalue weighted by Gasteiger charge is -2.22. The van der Waals surface area contributed by atoms with Crippen LogP contribution in [0.1, 0.15) is 23.8 Å². The van der Waals surface area contributed by atoms with Crippen molar-refractivity contribution < 1.29 is 0 Å². The Morgan fingerprint density at radius 1 is 1.21 bits per heavy atom. The highest BCUT2D eigenvalue weighted by atomic mass is 35.5. The lowest BCUT2D eigenvalue weighted by atomic mass is 10.2. The fraction of sp³-hybridized carbons (Fsp3) is 0.312. The van der Waals surface area contributed by atoms with Crippen LogP contribution in [0.3, 0.4) is 0 Å². The van der Waals surface area contributed by atoms with Gasteiger partial charge in [-0.05, 0) is 46.8 Å². The first kappa shape index (κ1) is 15.6. The molecule has 1 saturated heterocycles. The maximum absolute atomic E-state index is 12.6. The van der Waals surface area contributed by atoms with Gasteiger partial charge in [0, 0.05) is 17.5 Å². The third kappa shape index (κ3) is 2.79. The van der Waals surface area contributed by atoms with Crippen LogP contribution in [-0.2, 0) is 6.67 Å². The summed E-state index contributed by atoms with van der Waals surface area (Å²) in [5.74, 6) is 0. The molecule has 4 rings (SSSR count). The fourth-order valence-electron chi connectivity index (χ4n) is 3.11. The molecule has 0 aliphatic carbocycles. The van der Waals surface area contributed by atoms with Gasteiger partial charge in [0.05, 0.1) is 10.7 Å². The lowest BCUT2D eigenvalue weighted by Crippen LogP contribution is -2.33. The highest BCUT2D eigenvalue weighted by molar-refractivity contribution is 7.10. The monoisotopic (exact) mass is 361 g/mol. The molecule has 1 aliphatic rings. The normalized spacial score (nSPS) is 18.3. The standard InChI is InChI=1S/C16H16ClN5OS/c17-12-5-1-2-6-13(12)22-16(23)21(18-19-22)11-20-9-3-7-14(20)15-8-4-10-24-15/h1-2,4-6,8,10,14H,3,7,9,11H2. The zero-order valence-corrected chi connectivity index (χ0v) is 14.5. The molecule has 1 unspecified atom stereocenters. The Hall–Kier alpha value is -1.96. The summed E-state index contributed by atoms with van der Waals surface area (Å²) in [6.07, 6.45) is 2.23. The molecule has 0 amide bonds. The summed E-state index contributed by atoms with van der Waals surface area (Å²) in [7, 11) is 0. The minimum atomic E-state index is -0.278. The van der Waals surface area contributed by atoms with Gasteiger partial charge in [0.15, 0.2) is 0 Å². The van der Waals surface area contributed by atoms with Crippen LogP contribution in [0.2, 0.25) is 5.02 Å². The summed E-state index contributed by atoms with van der Waals surface area (Å²) in [6.45, 7) is 1.39. The van der Waals surface area contributed by atoms with Gasteiger partial charge in [0.1, 0.15) is 6.67 Å². The van der Waals surface area contributed by atoms with E-state index in [1.54, 1.807) is 23.5 Å². The van der Waals surface area contributed by atoms with E-state index in [9.17, 15) is 4.79 Å². The number of halogens is 1. The lowest BCUT2D eigenvalue weighted by molar-refractivity contribution is 0.189. The number of nitrogens with zero attached hydrogens (tertiary/aromatic N) is 5. The molecule has 3 aromatic rings. The number of rotatable bonds is 4. The largest absolute Gasteiger partial charge is 0.369 e. The molecular weight excluding hydrogens is 346 g/mol. The third-order valence-electron chi connectivity index (χ3n) is 4.27. The van der Waals surface area contributed by atoms with Crippen molar-refractivity contribution in [2.75, 3.05) is 6.54 Å². The van der Waals surface area contributed by atoms with Crippen LogP contribution in [0, 0.1) is 0 Å². The smallest absolute Gasteiger partial charge is 0.276 e. The Balaban J connectivity index is 1.60. The van der Waals surface area contributed by atoms with Crippen molar-refractivity contribution >= 4 is 22.9 Å². The first-order valence-electron chi connectivity index (χ1n) is 7.79. The highest BCUT2D eigenvalue weighted by Gasteiger charge is 2.28. The SMILES string of the molecule is O=c1n(CN2CCCC2c2cccs2)nnn1-c1ccccc1Cl. The second-order valence-corrected chi connectivity index (χ2v) is 7.14. The summed E-state index contributed by atoms with van der Waals surface area (Å²) >= 11 is 7.91. The van der Waals surface area contributed by atoms with E-state index >= 15 is 0 Å². The van der Waals surface area contributed by atoms with Crippen LogP contribution in [0.4, 0.5) is 0 Å². The Kier molecular flexibility index (Phi) is 4.22. The minimum absolute atomic E-state index is 0.278. The molecule has 1 fully saturated rings. The number of para-hydroxylation sites is 1. The number of likely N-dealkylation sites (tertiary alicyclic amines) is 1. The van der Waals surface area contributed by atoms with Crippen molar-refractivity contribution in [3.63, 3.8) is 0 Å². The predicted molar refractivity (Wildman–Crippen MR) is 93.6 cm³/mol. The topological polar surface area (TPSA) is 56.0 Å². The quantitative estimate of drug-likeness (QED) is 0.717. The van der Waals surface area contributed by atoms with Crippen LogP contribution < -0.4 is 5.69 Å². The van der Waals surface area contributed by atoms with Crippen LogP contribution in [0.15, 0.2) is 46.6 Å². The molecule has 0 N–H and O–H groups in total. The molecule has 2 aromatic heterocycles. The first-order chi connectivity index (χ1) is 11.7. The molecule has 1 aliphatic heterocycles. The molecule has 8 heteroatoms. The van der Waals surface area contributed by atoms with E-state index in [0.29, 0.717) is 23.4 Å². The molecule has 1 aromatic carbocycles. The molecule has 0 spiro atoms. The zero-order chi connectivity index (χ0) is 16.5. The van der Waals surface area contributed by atoms with Crippen molar-refractivity contribution in [2.45, 2.75) is 25.6 Å². The molecule has 0 saturated carbocycles. The number of benzene rings is 1. The average molecular weight is 362 g/mol. The van der Waals surface area contributed by atoms with Gasteiger partial charge in [-0.3, -0.25) is 4.90 Å². The molecule has 3 heterocycles. The number of tetrazole rings is 1. The number of hydrogen-bond donors (Lipinski definition) is 0. The second-order valence-electron chi connectivity index (χ2n) is 5.75. The summed E-state index contributed by atoms with van der Waals surface area (Å²) in [5, 5.41) is 10.6. The number of thiophene rings is 1. The summed E-state index contributed by atoms with van der Waals surface area (Å²) in [6, 6.07) is 11.7. The van der Waals surface area contributed by atoms with Gasteiger partial charge in [-0.15, -0.1) is 11.3 Å². The van der Waals surface area contributed by atoms with Gasteiger partial charge in [0.2, 0.25) is 0 Å². The fourth-order valence-corrected chi connectivity index (χ4v) is 4.22. The van der Waals surface area contributed by atoms with Crippen molar-refractivity contribution in [3.05, 3.63) is 62.2 Å². The van der Waals surface area contributed by atoms with E-state index in [4.69, 9.17) is 11.6 Å². The van der Waals surface area contributed by atoms with E-state index in [1.165, 1.54) is 14.2 Å². The Labute approximate surface area is 147 Å². The van der Waals surface area contributed by atoms with Gasteiger partial charge in [-0.2, -0.15) is 9.36 Å². The Bertz CT molecular complexity index is 888. The summed E-state index contributed by atoms with van der Waals surface area (Å²) in [5.41, 5.74) is 0.270. The first-order valence-corrected chi connectivity index (χ1v) is 9.05. The van der Waals surface area contributed by atoms with Crippen molar-refractivity contribution in [1.29, 1.82) is 0 Å². The van der Waals surface area contributed by atoms with Crippen molar-refractivity contribution in [2.24, 2.45) is 0 Å². The molecule has 0 radical (unpaired) electrons. The predicted octanol–water partition coefficient (Wildman–Crippen LogP) is 2.94. The minimum Gasteiger partial charge on any atom is -0.276 e. The Morgan fingerprint density at radius 2 is 2.08 bits per heavy atom. The Morgan fingerprint density at radius 3 is 2.88 bits per heavy atom. The summed E-state index contributed by atoms with van der Waals surface area (Å²) < 4.78 is 2.65. The van der Waals surface area contributed by atoms with Crippen LogP contribution in [0.25, 0.3) is 5.69 Å². The highest BCUT2D eigenvalue weighted by Crippen LogP contribution is 2.34. The van der Waals surface area contributed by atoms with Crippen molar-refractivity contribution in [3.8, 4) is 5.69 Å². The molecule has 1 atom stereocenters. The van der Waals surface area contributed by atoms with Gasteiger partial charge in [0.25, 0.3) is 0 Å². The average Bonchev–Trinajstić information content (AvgIpc) is 3.31. The van der Waals surface area contributed by atoms with E-state index in [1.807, 2.05) is 12.1 Å². The summed E-state index contributed by atoms with van der Waals surface area (Å²) in [4.78, 5) is 16.2. The molecular formula is C16H16ClN5OS. The van der Waals surface area contributed by atoms with Crippen molar-refractivity contribution in [1.82, 2.24) is 24.7 Å². The maximum Gasteiger partial charge on any atom is 0.369 e. The number of hydrogen-bond acceptors (Lipinski definition) is 5.